The van der Waals surface area contributed by atoms with Gasteiger partial charge in [0.05, 0.1) is 29.9 Å². The molecule has 3 N–H and O–H groups in total. The van der Waals surface area contributed by atoms with Gasteiger partial charge in [-0.2, -0.15) is 11.8 Å². The van der Waals surface area contributed by atoms with Crippen LogP contribution in [0.1, 0.15) is 63.2 Å². The summed E-state index contributed by atoms with van der Waals surface area (Å²) in [4.78, 5) is 61.3. The fraction of sp³-hybridized carbons (Fsp3) is 0.306. The average molecular weight is 657 g/mol. The van der Waals surface area contributed by atoms with Crippen molar-refractivity contribution in [2.45, 2.75) is 46.8 Å². The van der Waals surface area contributed by atoms with E-state index in [9.17, 15) is 19.2 Å². The number of esters is 2. The van der Waals surface area contributed by atoms with E-state index in [1.807, 2.05) is 66.9 Å². The smallest absolute Gasteiger partial charge is 0.342 e. The highest BCUT2D eigenvalue weighted by Gasteiger charge is 2.35. The molecule has 1 aliphatic rings. The summed E-state index contributed by atoms with van der Waals surface area (Å²) in [5.41, 5.74) is 2.45. The highest BCUT2D eigenvalue weighted by Crippen LogP contribution is 2.40. The van der Waals surface area contributed by atoms with Crippen LogP contribution in [0.4, 0.5) is 5.82 Å². The molecule has 2 amide bonds. The molecule has 0 spiro atoms. The molecule has 1 unspecified atom stereocenters. The van der Waals surface area contributed by atoms with Crippen LogP contribution in [0.2, 0.25) is 0 Å². The molecule has 11 heteroatoms. The lowest BCUT2D eigenvalue weighted by atomic mass is 9.94. The fourth-order valence-electron chi connectivity index (χ4n) is 4.77. The van der Waals surface area contributed by atoms with Gasteiger partial charge in [0.25, 0.3) is 0 Å². The van der Waals surface area contributed by atoms with Crippen LogP contribution in [0.5, 0.6) is 0 Å². The van der Waals surface area contributed by atoms with E-state index >= 15 is 0 Å². The summed E-state index contributed by atoms with van der Waals surface area (Å²) in [6.07, 6.45) is 3.51. The van der Waals surface area contributed by atoms with Gasteiger partial charge in [-0.3, -0.25) is 9.59 Å². The maximum atomic E-state index is 13.5. The molecule has 0 saturated heterocycles. The molecule has 1 atom stereocenters. The van der Waals surface area contributed by atoms with Crippen molar-refractivity contribution in [1.29, 1.82) is 0 Å². The molecule has 0 saturated carbocycles. The first-order chi connectivity index (χ1) is 22.4. The summed E-state index contributed by atoms with van der Waals surface area (Å²) >= 11 is 1.37. The highest BCUT2D eigenvalue weighted by molar-refractivity contribution is 7.99. The zero-order valence-corrected chi connectivity index (χ0v) is 28.5. The number of H-pyrrole nitrogens is 1. The number of aromatic nitrogens is 1. The maximum Gasteiger partial charge on any atom is 0.342 e. The van der Waals surface area contributed by atoms with Crippen molar-refractivity contribution in [3.05, 3.63) is 88.8 Å². The molecular formula is C36H40N4O6S. The van der Waals surface area contributed by atoms with Gasteiger partial charge >= 0.3 is 11.9 Å². The number of carbonyl (C=O) groups excluding carboxylic acids is 4. The van der Waals surface area contributed by atoms with Crippen molar-refractivity contribution in [1.82, 2.24) is 10.3 Å². The predicted octanol–water partition coefficient (Wildman–Crippen LogP) is 6.48. The number of hydrogen-bond acceptors (Lipinski definition) is 8. The van der Waals surface area contributed by atoms with E-state index in [1.165, 1.54) is 11.8 Å². The number of nitrogens with one attached hydrogen (secondary N) is 3. The first kappa shape index (κ1) is 35.0. The second-order valence-corrected chi connectivity index (χ2v) is 12.8. The quantitative estimate of drug-likeness (QED) is 0.212. The molecule has 47 heavy (non-hydrogen) atoms. The molecular weight excluding hydrogens is 616 g/mol. The number of amidine groups is 1. The molecule has 4 rings (SSSR count). The van der Waals surface area contributed by atoms with Gasteiger partial charge in [-0.1, -0.05) is 81.4 Å². The van der Waals surface area contributed by atoms with Crippen molar-refractivity contribution in [3.63, 3.8) is 0 Å². The van der Waals surface area contributed by atoms with E-state index in [0.29, 0.717) is 33.7 Å². The second kappa shape index (κ2) is 15.1. The first-order valence-electron chi connectivity index (χ1n) is 15.3. The van der Waals surface area contributed by atoms with Gasteiger partial charge in [0.15, 0.2) is 0 Å². The van der Waals surface area contributed by atoms with Gasteiger partial charge in [-0.25, -0.2) is 14.6 Å². The van der Waals surface area contributed by atoms with Gasteiger partial charge in [-0.15, -0.1) is 0 Å². The third-order valence-electron chi connectivity index (χ3n) is 7.25. The minimum absolute atomic E-state index is 0.0502. The van der Waals surface area contributed by atoms with Crippen LogP contribution in [-0.2, 0) is 23.9 Å². The molecule has 3 aromatic rings. The molecule has 0 radical (unpaired) electrons. The average Bonchev–Trinajstić information content (AvgIpc) is 3.58. The number of hydrogen-bond donors (Lipinski definition) is 3. The monoisotopic (exact) mass is 656 g/mol. The lowest BCUT2D eigenvalue weighted by Crippen LogP contribution is -2.40. The molecule has 2 aromatic carbocycles. The topological polar surface area (TPSA) is 139 Å². The number of aromatic amines is 1. The summed E-state index contributed by atoms with van der Waals surface area (Å²) in [7, 11) is 0. The molecule has 2 heterocycles. The third-order valence-corrected chi connectivity index (χ3v) is 8.17. The largest absolute Gasteiger partial charge is 0.462 e. The van der Waals surface area contributed by atoms with Crippen LogP contribution >= 0.6 is 11.8 Å². The summed E-state index contributed by atoms with van der Waals surface area (Å²) in [6.45, 7) is 10.7. The minimum atomic E-state index is -0.781. The Hall–Kier alpha value is -4.90. The minimum Gasteiger partial charge on any atom is -0.462 e. The lowest BCUT2D eigenvalue weighted by Gasteiger charge is -2.18. The first-order valence-corrected chi connectivity index (χ1v) is 16.6. The van der Waals surface area contributed by atoms with Crippen LogP contribution < -0.4 is 10.6 Å². The van der Waals surface area contributed by atoms with Crippen LogP contribution in [0.25, 0.3) is 22.8 Å². The zero-order chi connectivity index (χ0) is 34.3. The Labute approximate surface area is 279 Å². The second-order valence-electron chi connectivity index (χ2n) is 11.6. The van der Waals surface area contributed by atoms with E-state index in [0.717, 1.165) is 0 Å². The SMILES string of the molecule is CCOC(=O)C1=C(c2ccccc2)C(=Cc2[nH]c(NC(=O)C(C)SC)c(C(=O)OCC)c2-c2ccccc2)N=C1NC(=O)C(C)(C)C. The summed E-state index contributed by atoms with van der Waals surface area (Å²) < 4.78 is 10.9. The van der Waals surface area contributed by atoms with Crippen molar-refractivity contribution in [3.8, 4) is 11.1 Å². The standard InChI is InChI=1S/C36H40N4O6S/c1-8-45-33(42)28-26(22-16-12-10-13-17-22)24(37-30(28)39-32(41)21(3)47-7)20-25-27(23-18-14-11-15-19-23)29(34(43)46-9-2)31(38-25)40-35(44)36(4,5)6/h10-21,37H,8-9H2,1-7H3,(H,39,41)(H,38,40,44). The Balaban J connectivity index is 2.06. The number of nitrogens with zero attached hydrogens (tertiary/aromatic N) is 1. The Morgan fingerprint density at radius 3 is 2.02 bits per heavy atom. The summed E-state index contributed by atoms with van der Waals surface area (Å²) in [5.74, 6) is -1.70. The molecule has 10 nitrogen and oxygen atoms in total. The highest BCUT2D eigenvalue weighted by atomic mass is 32.2. The van der Waals surface area contributed by atoms with Crippen LogP contribution in [-0.4, -0.2) is 59.3 Å². The summed E-state index contributed by atoms with van der Waals surface area (Å²) in [5, 5.41) is 5.30. The Kier molecular flexibility index (Phi) is 11.3. The number of amides is 2. The Morgan fingerprint density at radius 1 is 0.894 bits per heavy atom. The normalized spacial score (nSPS) is 14.4. The number of thioether (sulfide) groups is 1. The van der Waals surface area contributed by atoms with Crippen molar-refractivity contribution in [2.24, 2.45) is 10.4 Å². The third kappa shape index (κ3) is 7.91. The van der Waals surface area contributed by atoms with E-state index in [-0.39, 0.29) is 47.8 Å². The van der Waals surface area contributed by atoms with Crippen molar-refractivity contribution >= 4 is 58.8 Å². The van der Waals surface area contributed by atoms with Gasteiger partial charge in [0.2, 0.25) is 11.8 Å². The lowest BCUT2D eigenvalue weighted by molar-refractivity contribution is -0.137. The van der Waals surface area contributed by atoms with Gasteiger partial charge < -0.3 is 25.1 Å². The fourth-order valence-corrected chi connectivity index (χ4v) is 5.04. The molecule has 0 fully saturated rings. The van der Waals surface area contributed by atoms with Crippen molar-refractivity contribution in [2.75, 3.05) is 24.8 Å². The van der Waals surface area contributed by atoms with Crippen LogP contribution in [0.3, 0.4) is 0 Å². The van der Waals surface area contributed by atoms with Crippen LogP contribution in [0.15, 0.2) is 76.9 Å². The predicted molar refractivity (Wildman–Crippen MR) is 187 cm³/mol. The van der Waals surface area contributed by atoms with Gasteiger partial charge in [-0.05, 0) is 44.2 Å². The van der Waals surface area contributed by atoms with Gasteiger partial charge in [0.1, 0.15) is 22.8 Å². The number of rotatable bonds is 10. The maximum absolute atomic E-state index is 13.5. The van der Waals surface area contributed by atoms with E-state index in [2.05, 4.69) is 15.6 Å². The number of benzene rings is 2. The van der Waals surface area contributed by atoms with Gasteiger partial charge in [0, 0.05) is 16.6 Å². The van der Waals surface area contributed by atoms with E-state index in [4.69, 9.17) is 14.5 Å². The number of ether oxygens (including phenoxy) is 2. The molecule has 1 aliphatic heterocycles. The number of carbonyl (C=O) groups is 4. The van der Waals surface area contributed by atoms with Crippen molar-refractivity contribution < 1.29 is 28.7 Å². The summed E-state index contributed by atoms with van der Waals surface area (Å²) in [6, 6.07) is 18.4. The Bertz CT molecular complexity index is 1750. The van der Waals surface area contributed by atoms with Crippen LogP contribution in [0, 0.1) is 5.41 Å². The van der Waals surface area contributed by atoms with E-state index in [1.54, 1.807) is 47.6 Å². The Morgan fingerprint density at radius 2 is 1.47 bits per heavy atom. The number of anilines is 1. The molecule has 1 aromatic heterocycles. The molecule has 0 aliphatic carbocycles. The zero-order valence-electron chi connectivity index (χ0n) is 27.6. The molecule has 0 bridgehead atoms. The number of allylic oxidation sites excluding steroid dienone is 1. The molecule has 246 valence electrons. The number of aliphatic imine (C=N–C) groups is 1. The van der Waals surface area contributed by atoms with E-state index < -0.39 is 22.6 Å².